The van der Waals surface area contributed by atoms with E-state index in [0.717, 1.165) is 11.1 Å². The van der Waals surface area contributed by atoms with Gasteiger partial charge in [0.1, 0.15) is 7.05 Å². The molecule has 0 saturated carbocycles. The highest BCUT2D eigenvalue weighted by atomic mass is 127. The number of fused-ring (bicyclic) bond motifs is 1. The molecule has 3 aromatic rings. The molecule has 4 heteroatoms. The van der Waals surface area contributed by atoms with E-state index in [1.165, 1.54) is 10.9 Å². The lowest BCUT2D eigenvalue weighted by molar-refractivity contribution is -0.644. The van der Waals surface area contributed by atoms with Gasteiger partial charge in [-0.3, -0.25) is 0 Å². The van der Waals surface area contributed by atoms with Crippen LogP contribution in [0.2, 0.25) is 10.0 Å². The quantitative estimate of drug-likeness (QED) is 0.423. The van der Waals surface area contributed by atoms with E-state index in [0.29, 0.717) is 10.0 Å². The third-order valence-corrected chi connectivity index (χ3v) is 4.16. The Labute approximate surface area is 157 Å². The first-order valence-electron chi connectivity index (χ1n) is 6.66. The average molecular weight is 442 g/mol. The van der Waals surface area contributed by atoms with E-state index in [9.17, 15) is 0 Å². The SMILES string of the molecule is C[n+]1ccc(/C=C/c2c(Cl)cccc2Cl)c2ccccc21.[I-]. The van der Waals surface area contributed by atoms with Crippen molar-refractivity contribution in [1.82, 2.24) is 0 Å². The second-order valence-electron chi connectivity index (χ2n) is 4.87. The van der Waals surface area contributed by atoms with Gasteiger partial charge in [0, 0.05) is 27.7 Å². The Balaban J connectivity index is 0.00000176. The highest BCUT2D eigenvalue weighted by Crippen LogP contribution is 2.27. The Kier molecular flexibility index (Phi) is 5.84. The number of aryl methyl sites for hydroxylation is 1. The number of rotatable bonds is 2. The van der Waals surface area contributed by atoms with E-state index in [2.05, 4.69) is 35.0 Å². The van der Waals surface area contributed by atoms with Gasteiger partial charge in [0.05, 0.1) is 5.39 Å². The Morgan fingerprint density at radius 1 is 0.864 bits per heavy atom. The Bertz CT molecular complexity index is 823. The number of halogens is 3. The molecule has 22 heavy (non-hydrogen) atoms. The lowest BCUT2D eigenvalue weighted by Crippen LogP contribution is -3.00. The maximum Gasteiger partial charge on any atom is 0.212 e. The number of nitrogens with zero attached hydrogens (tertiary/aromatic N) is 1. The molecule has 0 bridgehead atoms. The van der Waals surface area contributed by atoms with Crippen molar-refractivity contribution in [3.8, 4) is 0 Å². The van der Waals surface area contributed by atoms with Gasteiger partial charge in [-0.1, -0.05) is 53.6 Å². The minimum absolute atomic E-state index is 0. The highest BCUT2D eigenvalue weighted by molar-refractivity contribution is 6.37. The summed E-state index contributed by atoms with van der Waals surface area (Å²) in [4.78, 5) is 0. The van der Waals surface area contributed by atoms with Gasteiger partial charge in [0.25, 0.3) is 0 Å². The van der Waals surface area contributed by atoms with Crippen LogP contribution >= 0.6 is 23.2 Å². The molecule has 112 valence electrons. The van der Waals surface area contributed by atoms with Gasteiger partial charge < -0.3 is 24.0 Å². The van der Waals surface area contributed by atoms with Crippen LogP contribution in [0, 0.1) is 0 Å². The Morgan fingerprint density at radius 2 is 1.55 bits per heavy atom. The Morgan fingerprint density at radius 3 is 2.27 bits per heavy atom. The summed E-state index contributed by atoms with van der Waals surface area (Å²) in [7, 11) is 2.04. The summed E-state index contributed by atoms with van der Waals surface area (Å²) in [5.74, 6) is 0. The molecule has 0 aliphatic heterocycles. The first-order valence-corrected chi connectivity index (χ1v) is 7.42. The van der Waals surface area contributed by atoms with Gasteiger partial charge in [-0.05, 0) is 23.8 Å². The van der Waals surface area contributed by atoms with Crippen molar-refractivity contribution < 1.29 is 28.5 Å². The number of benzene rings is 2. The molecule has 0 atom stereocenters. The summed E-state index contributed by atoms with van der Waals surface area (Å²) in [6.07, 6.45) is 6.07. The first-order chi connectivity index (χ1) is 10.2. The molecule has 0 saturated heterocycles. The van der Waals surface area contributed by atoms with Crippen LogP contribution < -0.4 is 28.5 Å². The molecule has 0 radical (unpaired) electrons. The fourth-order valence-corrected chi connectivity index (χ4v) is 2.90. The molecular formula is C18H14Cl2IN. The molecule has 1 nitrogen and oxygen atoms in total. The zero-order valence-corrected chi connectivity index (χ0v) is 15.6. The van der Waals surface area contributed by atoms with Crippen LogP contribution in [-0.2, 0) is 7.05 Å². The average Bonchev–Trinajstić information content (AvgIpc) is 2.49. The summed E-state index contributed by atoms with van der Waals surface area (Å²) >= 11 is 12.4. The summed E-state index contributed by atoms with van der Waals surface area (Å²) < 4.78 is 2.11. The van der Waals surface area contributed by atoms with Gasteiger partial charge in [0.2, 0.25) is 5.52 Å². The van der Waals surface area contributed by atoms with Crippen LogP contribution in [0.4, 0.5) is 0 Å². The maximum absolute atomic E-state index is 6.20. The largest absolute Gasteiger partial charge is 1.00 e. The van der Waals surface area contributed by atoms with Crippen LogP contribution in [0.25, 0.3) is 23.1 Å². The monoisotopic (exact) mass is 441 g/mol. The van der Waals surface area contributed by atoms with E-state index < -0.39 is 0 Å². The van der Waals surface area contributed by atoms with E-state index in [1.54, 1.807) is 0 Å². The lowest BCUT2D eigenvalue weighted by Gasteiger charge is -2.03. The van der Waals surface area contributed by atoms with Crippen molar-refractivity contribution in [2.75, 3.05) is 0 Å². The second kappa shape index (κ2) is 7.44. The Hall–Kier alpha value is -1.10. The van der Waals surface area contributed by atoms with Crippen molar-refractivity contribution in [3.05, 3.63) is 75.9 Å². The normalized spacial score (nSPS) is 10.9. The van der Waals surface area contributed by atoms with E-state index in [1.807, 2.05) is 43.5 Å². The highest BCUT2D eigenvalue weighted by Gasteiger charge is 2.07. The van der Waals surface area contributed by atoms with E-state index in [-0.39, 0.29) is 24.0 Å². The fourth-order valence-electron chi connectivity index (χ4n) is 2.38. The molecule has 3 rings (SSSR count). The second-order valence-corrected chi connectivity index (χ2v) is 5.68. The number of para-hydroxylation sites is 1. The van der Waals surface area contributed by atoms with Gasteiger partial charge in [-0.2, -0.15) is 0 Å². The van der Waals surface area contributed by atoms with Crippen molar-refractivity contribution in [2.24, 2.45) is 7.05 Å². The van der Waals surface area contributed by atoms with Crippen molar-refractivity contribution >= 4 is 46.3 Å². The molecule has 0 amide bonds. The minimum Gasteiger partial charge on any atom is -1.00 e. The van der Waals surface area contributed by atoms with E-state index >= 15 is 0 Å². The standard InChI is InChI=1S/C18H14Cl2N.HI/c1-21-12-11-13(14-5-2-3-8-18(14)21)9-10-15-16(19)6-4-7-17(15)20;/h2-12H,1H3;1H/q+1;/p-1/b10-9+;. The third-order valence-electron chi connectivity index (χ3n) is 3.50. The lowest BCUT2D eigenvalue weighted by atomic mass is 10.1. The van der Waals surface area contributed by atoms with Crippen LogP contribution in [0.3, 0.4) is 0 Å². The minimum atomic E-state index is 0. The van der Waals surface area contributed by atoms with Gasteiger partial charge >= 0.3 is 0 Å². The molecule has 0 aliphatic rings. The maximum atomic E-state index is 6.20. The van der Waals surface area contributed by atoms with Gasteiger partial charge in [-0.25, -0.2) is 4.57 Å². The third kappa shape index (κ3) is 3.45. The topological polar surface area (TPSA) is 3.88 Å². The molecule has 0 fully saturated rings. The van der Waals surface area contributed by atoms with Crippen LogP contribution in [0.5, 0.6) is 0 Å². The summed E-state index contributed by atoms with van der Waals surface area (Å²) in [5, 5.41) is 2.51. The molecule has 0 aliphatic carbocycles. The van der Waals surface area contributed by atoms with Crippen LogP contribution in [0.1, 0.15) is 11.1 Å². The molecule has 2 aromatic carbocycles. The van der Waals surface area contributed by atoms with Gasteiger partial charge in [-0.15, -0.1) is 0 Å². The molecule has 1 aromatic heterocycles. The van der Waals surface area contributed by atoms with E-state index in [4.69, 9.17) is 23.2 Å². The molecule has 1 heterocycles. The first kappa shape index (κ1) is 17.3. The van der Waals surface area contributed by atoms with Crippen molar-refractivity contribution in [1.29, 1.82) is 0 Å². The molecular weight excluding hydrogens is 428 g/mol. The van der Waals surface area contributed by atoms with Crippen LogP contribution in [-0.4, -0.2) is 0 Å². The number of pyridine rings is 1. The number of hydrogen-bond donors (Lipinski definition) is 0. The zero-order chi connectivity index (χ0) is 14.8. The molecule has 0 unspecified atom stereocenters. The van der Waals surface area contributed by atoms with Crippen LogP contribution in [0.15, 0.2) is 54.7 Å². The van der Waals surface area contributed by atoms with Crippen molar-refractivity contribution in [3.63, 3.8) is 0 Å². The molecule has 0 N–H and O–H groups in total. The fraction of sp³-hybridized carbons (Fsp3) is 0.0556. The predicted octanol–water partition coefficient (Wildman–Crippen LogP) is 2.15. The van der Waals surface area contributed by atoms with Gasteiger partial charge in [0.15, 0.2) is 6.20 Å². The summed E-state index contributed by atoms with van der Waals surface area (Å²) in [6.45, 7) is 0. The number of aromatic nitrogens is 1. The summed E-state index contributed by atoms with van der Waals surface area (Å²) in [6, 6.07) is 15.9. The molecule has 0 spiro atoms. The summed E-state index contributed by atoms with van der Waals surface area (Å²) in [5.41, 5.74) is 3.17. The smallest absolute Gasteiger partial charge is 0.212 e. The van der Waals surface area contributed by atoms with Crippen molar-refractivity contribution in [2.45, 2.75) is 0 Å². The zero-order valence-electron chi connectivity index (χ0n) is 11.9. The predicted molar refractivity (Wildman–Crippen MR) is 90.5 cm³/mol. The number of hydrogen-bond acceptors (Lipinski definition) is 0.